The maximum absolute atomic E-state index is 13.0. The number of nitrogen functional groups attached to an aromatic ring is 1. The Hall–Kier alpha value is -3.62. The van der Waals surface area contributed by atoms with Crippen molar-refractivity contribution in [1.82, 2.24) is 24.2 Å². The van der Waals surface area contributed by atoms with Gasteiger partial charge in [-0.05, 0) is 30.7 Å². The average molecular weight is 394 g/mol. The Kier molecular flexibility index (Phi) is 5.03. The van der Waals surface area contributed by atoms with Gasteiger partial charge in [0.05, 0.1) is 30.9 Å². The lowest BCUT2D eigenvalue weighted by Crippen LogP contribution is -2.32. The van der Waals surface area contributed by atoms with Crippen LogP contribution in [0.25, 0.3) is 5.69 Å². The van der Waals surface area contributed by atoms with Gasteiger partial charge in [0.1, 0.15) is 18.1 Å². The van der Waals surface area contributed by atoms with Crippen LogP contribution in [-0.4, -0.2) is 56.1 Å². The highest BCUT2D eigenvalue weighted by molar-refractivity contribution is 6.02. The Bertz CT molecular complexity index is 1010. The molecule has 0 aliphatic carbocycles. The molecule has 2 aromatic heterocycles. The van der Waals surface area contributed by atoms with Crippen LogP contribution in [0.4, 0.5) is 5.82 Å². The number of imidazole rings is 1. The number of benzene rings is 1. The number of anilines is 1. The zero-order valence-corrected chi connectivity index (χ0v) is 16.1. The second-order valence-electron chi connectivity index (χ2n) is 6.98. The summed E-state index contributed by atoms with van der Waals surface area (Å²) in [7, 11) is 1.60. The number of nitrogens with two attached hydrogens (primary N) is 1. The molecular formula is C20H22N6O3. The van der Waals surface area contributed by atoms with Crippen LogP contribution < -0.4 is 10.5 Å². The SMILES string of the molecule is COc1ccc(-n2ncc(C(=O)C3CCN(C(=O)Cn4ccnc4)C3)c2N)cc1. The summed E-state index contributed by atoms with van der Waals surface area (Å²) in [6, 6.07) is 7.25. The van der Waals surface area contributed by atoms with Gasteiger partial charge in [-0.25, -0.2) is 9.67 Å². The first kappa shape index (κ1) is 18.7. The summed E-state index contributed by atoms with van der Waals surface area (Å²) in [6.07, 6.45) is 7.09. The minimum absolute atomic E-state index is 0.0276. The highest BCUT2D eigenvalue weighted by Gasteiger charge is 2.33. The van der Waals surface area contributed by atoms with E-state index >= 15 is 0 Å². The minimum Gasteiger partial charge on any atom is -0.497 e. The first-order valence-corrected chi connectivity index (χ1v) is 9.32. The second kappa shape index (κ2) is 7.78. The van der Waals surface area contributed by atoms with Gasteiger partial charge in [-0.2, -0.15) is 5.10 Å². The summed E-state index contributed by atoms with van der Waals surface area (Å²) in [5.41, 5.74) is 7.34. The van der Waals surface area contributed by atoms with E-state index in [4.69, 9.17) is 10.5 Å². The van der Waals surface area contributed by atoms with E-state index in [2.05, 4.69) is 10.1 Å². The van der Waals surface area contributed by atoms with E-state index in [1.54, 1.807) is 47.4 Å². The van der Waals surface area contributed by atoms with E-state index in [1.165, 1.54) is 10.9 Å². The van der Waals surface area contributed by atoms with Gasteiger partial charge in [0, 0.05) is 31.4 Å². The van der Waals surface area contributed by atoms with Crippen molar-refractivity contribution in [3.05, 3.63) is 54.7 Å². The second-order valence-corrected chi connectivity index (χ2v) is 6.98. The van der Waals surface area contributed by atoms with Gasteiger partial charge in [0.2, 0.25) is 5.91 Å². The maximum Gasteiger partial charge on any atom is 0.242 e. The fraction of sp³-hybridized carbons (Fsp3) is 0.300. The highest BCUT2D eigenvalue weighted by Crippen LogP contribution is 2.26. The zero-order valence-electron chi connectivity index (χ0n) is 16.1. The number of aromatic nitrogens is 4. The molecule has 1 amide bonds. The van der Waals surface area contributed by atoms with E-state index in [0.29, 0.717) is 30.9 Å². The first-order valence-electron chi connectivity index (χ1n) is 9.32. The molecule has 3 aromatic rings. The van der Waals surface area contributed by atoms with Gasteiger partial charge in [-0.3, -0.25) is 9.59 Å². The molecular weight excluding hydrogens is 372 g/mol. The molecule has 0 spiro atoms. The molecule has 0 radical (unpaired) electrons. The van der Waals surface area contributed by atoms with Crippen LogP contribution >= 0.6 is 0 Å². The number of hydrogen-bond acceptors (Lipinski definition) is 6. The summed E-state index contributed by atoms with van der Waals surface area (Å²) in [4.78, 5) is 31.1. The monoisotopic (exact) mass is 394 g/mol. The van der Waals surface area contributed by atoms with Crippen molar-refractivity contribution < 1.29 is 14.3 Å². The van der Waals surface area contributed by atoms with Gasteiger partial charge >= 0.3 is 0 Å². The summed E-state index contributed by atoms with van der Waals surface area (Å²) in [6.45, 7) is 1.16. The smallest absolute Gasteiger partial charge is 0.242 e. The number of methoxy groups -OCH3 is 1. The summed E-state index contributed by atoms with van der Waals surface area (Å²) in [5, 5.41) is 4.28. The number of rotatable bonds is 6. The van der Waals surface area contributed by atoms with Crippen molar-refractivity contribution >= 4 is 17.5 Å². The largest absolute Gasteiger partial charge is 0.497 e. The van der Waals surface area contributed by atoms with Crippen molar-refractivity contribution in [3.8, 4) is 11.4 Å². The number of likely N-dealkylation sites (tertiary alicyclic amines) is 1. The lowest BCUT2D eigenvalue weighted by Gasteiger charge is -2.16. The van der Waals surface area contributed by atoms with Crippen molar-refractivity contribution in [1.29, 1.82) is 0 Å². The van der Waals surface area contributed by atoms with E-state index in [0.717, 1.165) is 11.4 Å². The zero-order chi connectivity index (χ0) is 20.4. The molecule has 9 heteroatoms. The highest BCUT2D eigenvalue weighted by atomic mass is 16.5. The van der Waals surface area contributed by atoms with Crippen molar-refractivity contribution in [2.45, 2.75) is 13.0 Å². The Morgan fingerprint density at radius 2 is 2.07 bits per heavy atom. The molecule has 150 valence electrons. The Balaban J connectivity index is 1.44. The van der Waals surface area contributed by atoms with Crippen LogP contribution in [-0.2, 0) is 11.3 Å². The predicted molar refractivity (Wildman–Crippen MR) is 106 cm³/mol. The van der Waals surface area contributed by atoms with Gasteiger partial charge in [0.15, 0.2) is 5.78 Å². The van der Waals surface area contributed by atoms with Gasteiger partial charge in [-0.15, -0.1) is 0 Å². The summed E-state index contributed by atoms with van der Waals surface area (Å²) < 4.78 is 8.40. The van der Waals surface area contributed by atoms with Crippen LogP contribution in [0.2, 0.25) is 0 Å². The van der Waals surface area contributed by atoms with E-state index < -0.39 is 0 Å². The molecule has 1 aromatic carbocycles. The molecule has 1 atom stereocenters. The van der Waals surface area contributed by atoms with Crippen molar-refractivity contribution in [2.75, 3.05) is 25.9 Å². The quantitative estimate of drug-likeness (QED) is 0.633. The third-order valence-electron chi connectivity index (χ3n) is 5.18. The molecule has 1 unspecified atom stereocenters. The Morgan fingerprint density at radius 1 is 1.28 bits per heavy atom. The number of carbonyl (C=O) groups is 2. The summed E-state index contributed by atoms with van der Waals surface area (Å²) >= 11 is 0. The van der Waals surface area contributed by atoms with Crippen LogP contribution in [0.15, 0.2) is 49.2 Å². The topological polar surface area (TPSA) is 108 Å². The fourth-order valence-electron chi connectivity index (χ4n) is 3.53. The third-order valence-corrected chi connectivity index (χ3v) is 5.18. The van der Waals surface area contributed by atoms with E-state index in [-0.39, 0.29) is 24.2 Å². The molecule has 0 saturated carbocycles. The van der Waals surface area contributed by atoms with Crippen molar-refractivity contribution in [3.63, 3.8) is 0 Å². The predicted octanol–water partition coefficient (Wildman–Crippen LogP) is 1.39. The maximum atomic E-state index is 13.0. The number of carbonyl (C=O) groups excluding carboxylic acids is 2. The van der Waals surface area contributed by atoms with Crippen LogP contribution in [0.5, 0.6) is 5.75 Å². The molecule has 3 heterocycles. The molecule has 1 fully saturated rings. The Morgan fingerprint density at radius 3 is 2.76 bits per heavy atom. The summed E-state index contributed by atoms with van der Waals surface area (Å²) in [5.74, 6) is 0.628. The minimum atomic E-state index is -0.280. The van der Waals surface area contributed by atoms with Gasteiger partial charge < -0.3 is 19.9 Å². The number of amides is 1. The number of nitrogens with zero attached hydrogens (tertiary/aromatic N) is 5. The standard InChI is InChI=1S/C20H22N6O3/c1-29-16-4-2-15(3-5-16)26-20(21)17(10-23-26)19(28)14-6-8-25(11-14)18(27)12-24-9-7-22-13-24/h2-5,7,9-10,13-14H,6,8,11-12,21H2,1H3. The lowest BCUT2D eigenvalue weighted by molar-refractivity contribution is -0.130. The molecule has 1 aliphatic rings. The average Bonchev–Trinajstić information content (AvgIpc) is 3.49. The van der Waals surface area contributed by atoms with E-state index in [9.17, 15) is 9.59 Å². The number of ketones is 1. The van der Waals surface area contributed by atoms with Crippen molar-refractivity contribution in [2.24, 2.45) is 5.92 Å². The van der Waals surface area contributed by atoms with E-state index in [1.807, 2.05) is 12.1 Å². The normalized spacial score (nSPS) is 16.2. The lowest BCUT2D eigenvalue weighted by atomic mass is 9.98. The van der Waals surface area contributed by atoms with Crippen LogP contribution in [0, 0.1) is 5.92 Å². The molecule has 4 rings (SSSR count). The third kappa shape index (κ3) is 3.71. The molecule has 2 N–H and O–H groups in total. The van der Waals surface area contributed by atoms with Crippen LogP contribution in [0.3, 0.4) is 0 Å². The van der Waals surface area contributed by atoms with Crippen LogP contribution in [0.1, 0.15) is 16.8 Å². The molecule has 1 aliphatic heterocycles. The number of ether oxygens (including phenoxy) is 1. The molecule has 0 bridgehead atoms. The molecule has 1 saturated heterocycles. The molecule has 29 heavy (non-hydrogen) atoms. The number of hydrogen-bond donors (Lipinski definition) is 1. The Labute approximate surface area is 167 Å². The van der Waals surface area contributed by atoms with Gasteiger partial charge in [0.25, 0.3) is 0 Å². The fourth-order valence-corrected chi connectivity index (χ4v) is 3.53. The first-order chi connectivity index (χ1) is 14.1. The van der Waals surface area contributed by atoms with Gasteiger partial charge in [-0.1, -0.05) is 0 Å². The molecule has 9 nitrogen and oxygen atoms in total. The number of Topliss-reactive ketones (excluding diaryl/α,β-unsaturated/α-hetero) is 1.